The second-order valence-corrected chi connectivity index (χ2v) is 5.51. The van der Waals surface area contributed by atoms with Crippen LogP contribution in [0.5, 0.6) is 0 Å². The standard InChI is InChI=1S/C15H23NO2/c1-5-16(6-2)9-7-8-12-13(17)10-15(3,4)11-14(12)18/h7-9H,5-6,10-11H2,1-4H3/b9-7+. The normalized spacial score (nSPS) is 19.4. The van der Waals surface area contributed by atoms with Gasteiger partial charge in [0, 0.05) is 25.9 Å². The van der Waals surface area contributed by atoms with Crippen molar-refractivity contribution >= 4 is 11.6 Å². The van der Waals surface area contributed by atoms with Gasteiger partial charge in [-0.25, -0.2) is 0 Å². The van der Waals surface area contributed by atoms with E-state index < -0.39 is 0 Å². The summed E-state index contributed by atoms with van der Waals surface area (Å²) in [7, 11) is 0. The van der Waals surface area contributed by atoms with Gasteiger partial charge < -0.3 is 4.90 Å². The average Bonchev–Trinajstić information content (AvgIpc) is 2.26. The molecule has 1 rings (SSSR count). The monoisotopic (exact) mass is 249 g/mol. The van der Waals surface area contributed by atoms with E-state index in [4.69, 9.17) is 0 Å². The van der Waals surface area contributed by atoms with Crippen molar-refractivity contribution in [3.8, 4) is 0 Å². The van der Waals surface area contributed by atoms with Crippen LogP contribution in [0, 0.1) is 5.41 Å². The molecule has 0 saturated heterocycles. The van der Waals surface area contributed by atoms with Crippen molar-refractivity contribution in [1.82, 2.24) is 4.90 Å². The first-order chi connectivity index (χ1) is 8.39. The van der Waals surface area contributed by atoms with Crippen LogP contribution in [0.2, 0.25) is 0 Å². The van der Waals surface area contributed by atoms with Gasteiger partial charge in [-0.2, -0.15) is 0 Å². The SMILES string of the molecule is CCN(/C=C/C=C1C(=O)CC(C)(C)CC1=O)CC. The summed E-state index contributed by atoms with van der Waals surface area (Å²) in [5.74, 6) is -0.0547. The Morgan fingerprint density at radius 1 is 1.11 bits per heavy atom. The van der Waals surface area contributed by atoms with Gasteiger partial charge >= 0.3 is 0 Å². The molecular formula is C15H23NO2. The third-order valence-corrected chi connectivity index (χ3v) is 3.25. The van der Waals surface area contributed by atoms with Crippen molar-refractivity contribution in [2.75, 3.05) is 13.1 Å². The summed E-state index contributed by atoms with van der Waals surface area (Å²) in [6.45, 7) is 9.91. The van der Waals surface area contributed by atoms with Crippen molar-refractivity contribution in [2.45, 2.75) is 40.5 Å². The summed E-state index contributed by atoms with van der Waals surface area (Å²) in [5.41, 5.74) is 0.173. The molecule has 0 aromatic rings. The highest BCUT2D eigenvalue weighted by molar-refractivity contribution is 6.22. The van der Waals surface area contributed by atoms with Gasteiger partial charge in [0.25, 0.3) is 0 Å². The van der Waals surface area contributed by atoms with Crippen LogP contribution in [-0.4, -0.2) is 29.6 Å². The molecule has 1 fully saturated rings. The van der Waals surface area contributed by atoms with Gasteiger partial charge in [-0.3, -0.25) is 9.59 Å². The minimum absolute atomic E-state index is 0.0274. The van der Waals surface area contributed by atoms with Crippen LogP contribution in [0.4, 0.5) is 0 Å². The summed E-state index contributed by atoms with van der Waals surface area (Å²) in [6.07, 6.45) is 6.31. The Morgan fingerprint density at radius 3 is 2.06 bits per heavy atom. The molecule has 3 heteroatoms. The maximum atomic E-state index is 11.9. The smallest absolute Gasteiger partial charge is 0.166 e. The fourth-order valence-corrected chi connectivity index (χ4v) is 2.16. The zero-order valence-corrected chi connectivity index (χ0v) is 11.8. The molecule has 0 aliphatic heterocycles. The van der Waals surface area contributed by atoms with Crippen molar-refractivity contribution < 1.29 is 9.59 Å². The Kier molecular flexibility index (Phi) is 4.88. The third-order valence-electron chi connectivity index (χ3n) is 3.25. The second-order valence-electron chi connectivity index (χ2n) is 5.51. The number of hydrogen-bond donors (Lipinski definition) is 0. The van der Waals surface area contributed by atoms with E-state index >= 15 is 0 Å². The molecule has 1 saturated carbocycles. The molecule has 100 valence electrons. The molecule has 0 N–H and O–H groups in total. The Bertz CT molecular complexity index is 365. The summed E-state index contributed by atoms with van der Waals surface area (Å²) < 4.78 is 0. The lowest BCUT2D eigenvalue weighted by atomic mass is 9.74. The average molecular weight is 249 g/mol. The van der Waals surface area contributed by atoms with Crippen molar-refractivity contribution in [1.29, 1.82) is 0 Å². The van der Waals surface area contributed by atoms with Crippen LogP contribution < -0.4 is 0 Å². The van der Waals surface area contributed by atoms with Crippen LogP contribution in [0.25, 0.3) is 0 Å². The molecule has 1 aliphatic rings. The van der Waals surface area contributed by atoms with Gasteiger partial charge in [0.15, 0.2) is 11.6 Å². The predicted octanol–water partition coefficient (Wildman–Crippen LogP) is 2.73. The highest BCUT2D eigenvalue weighted by atomic mass is 16.1. The van der Waals surface area contributed by atoms with E-state index in [9.17, 15) is 9.59 Å². The molecule has 18 heavy (non-hydrogen) atoms. The van der Waals surface area contributed by atoms with Gasteiger partial charge in [0.05, 0.1) is 5.57 Å². The van der Waals surface area contributed by atoms with Gasteiger partial charge in [0.1, 0.15) is 0 Å². The Hall–Kier alpha value is -1.38. The van der Waals surface area contributed by atoms with Gasteiger partial charge in [-0.15, -0.1) is 0 Å². The summed E-state index contributed by atoms with van der Waals surface area (Å²) in [4.78, 5) is 25.9. The number of rotatable bonds is 4. The zero-order chi connectivity index (χ0) is 13.8. The lowest BCUT2D eigenvalue weighted by Crippen LogP contribution is -2.31. The summed E-state index contributed by atoms with van der Waals surface area (Å²) in [5, 5.41) is 0. The highest BCUT2D eigenvalue weighted by Gasteiger charge is 2.34. The Labute approximate surface area is 110 Å². The molecule has 0 radical (unpaired) electrons. The van der Waals surface area contributed by atoms with Crippen molar-refractivity contribution in [3.05, 3.63) is 23.9 Å². The number of Topliss-reactive ketones (excluding diaryl/α,β-unsaturated/α-hetero) is 2. The fraction of sp³-hybridized carbons (Fsp3) is 0.600. The van der Waals surface area contributed by atoms with Crippen LogP contribution in [0.3, 0.4) is 0 Å². The minimum Gasteiger partial charge on any atom is -0.378 e. The molecule has 0 atom stereocenters. The Balaban J connectivity index is 2.77. The van der Waals surface area contributed by atoms with E-state index in [1.165, 1.54) is 0 Å². The second kappa shape index (κ2) is 5.98. The van der Waals surface area contributed by atoms with E-state index in [0.717, 1.165) is 13.1 Å². The molecule has 0 amide bonds. The third kappa shape index (κ3) is 3.83. The van der Waals surface area contributed by atoms with Crippen LogP contribution in [0.15, 0.2) is 23.9 Å². The molecule has 0 spiro atoms. The number of carbonyl (C=O) groups excluding carboxylic acids is 2. The van der Waals surface area contributed by atoms with E-state index in [0.29, 0.717) is 18.4 Å². The van der Waals surface area contributed by atoms with E-state index in [1.54, 1.807) is 12.2 Å². The molecular weight excluding hydrogens is 226 g/mol. The molecule has 0 aromatic carbocycles. The number of carbonyl (C=O) groups is 2. The first kappa shape index (κ1) is 14.7. The van der Waals surface area contributed by atoms with E-state index in [1.807, 2.05) is 20.0 Å². The quantitative estimate of drug-likeness (QED) is 0.568. The molecule has 0 heterocycles. The van der Waals surface area contributed by atoms with Crippen LogP contribution in [0.1, 0.15) is 40.5 Å². The lowest BCUT2D eigenvalue weighted by Gasteiger charge is -2.28. The fourth-order valence-electron chi connectivity index (χ4n) is 2.16. The first-order valence-electron chi connectivity index (χ1n) is 6.58. The Morgan fingerprint density at radius 2 is 1.61 bits per heavy atom. The van der Waals surface area contributed by atoms with E-state index in [-0.39, 0.29) is 17.0 Å². The molecule has 3 nitrogen and oxygen atoms in total. The van der Waals surface area contributed by atoms with Crippen LogP contribution in [-0.2, 0) is 9.59 Å². The summed E-state index contributed by atoms with van der Waals surface area (Å²) in [6, 6.07) is 0. The number of nitrogens with zero attached hydrogens (tertiary/aromatic N) is 1. The van der Waals surface area contributed by atoms with Gasteiger partial charge in [-0.05, 0) is 37.6 Å². The summed E-state index contributed by atoms with van der Waals surface area (Å²) >= 11 is 0. The van der Waals surface area contributed by atoms with Crippen LogP contribution >= 0.6 is 0 Å². The molecule has 0 unspecified atom stereocenters. The predicted molar refractivity (Wildman–Crippen MR) is 73.2 cm³/mol. The largest absolute Gasteiger partial charge is 0.378 e. The maximum absolute atomic E-state index is 11.9. The lowest BCUT2D eigenvalue weighted by molar-refractivity contribution is -0.127. The zero-order valence-electron chi connectivity index (χ0n) is 11.8. The van der Waals surface area contributed by atoms with Gasteiger partial charge in [0.2, 0.25) is 0 Å². The van der Waals surface area contributed by atoms with Crippen molar-refractivity contribution in [3.63, 3.8) is 0 Å². The maximum Gasteiger partial charge on any atom is 0.166 e. The first-order valence-corrected chi connectivity index (χ1v) is 6.58. The van der Waals surface area contributed by atoms with Gasteiger partial charge in [-0.1, -0.05) is 13.8 Å². The number of allylic oxidation sites excluding steroid dienone is 3. The molecule has 1 aliphatic carbocycles. The van der Waals surface area contributed by atoms with Crippen molar-refractivity contribution in [2.24, 2.45) is 5.41 Å². The van der Waals surface area contributed by atoms with E-state index in [2.05, 4.69) is 18.7 Å². The molecule has 0 aromatic heterocycles. The molecule has 0 bridgehead atoms. The highest BCUT2D eigenvalue weighted by Crippen LogP contribution is 2.33. The number of hydrogen-bond acceptors (Lipinski definition) is 3. The topological polar surface area (TPSA) is 37.4 Å². The minimum atomic E-state index is -0.186. The number of ketones is 2.